The predicted molar refractivity (Wildman–Crippen MR) is 80.4 cm³/mol. The number of rotatable bonds is 5. The van der Waals surface area contributed by atoms with Crippen molar-refractivity contribution in [2.75, 3.05) is 32.6 Å². The number of hydrogen-bond acceptors (Lipinski definition) is 4. The summed E-state index contributed by atoms with van der Waals surface area (Å²) in [4.78, 5) is 9.15. The molecule has 4 nitrogen and oxygen atoms in total. The van der Waals surface area contributed by atoms with Gasteiger partial charge in [0.1, 0.15) is 5.82 Å². The number of anilines is 1. The Morgan fingerprint density at radius 3 is 2.53 bits per heavy atom. The largest absolute Gasteiger partial charge is 0.358 e. The lowest BCUT2D eigenvalue weighted by atomic mass is 9.75. The van der Waals surface area contributed by atoms with Crippen LogP contribution in [0.1, 0.15) is 37.8 Å². The van der Waals surface area contributed by atoms with Gasteiger partial charge in [0, 0.05) is 36.9 Å². The molecule has 19 heavy (non-hydrogen) atoms. The van der Waals surface area contributed by atoms with Gasteiger partial charge in [0.25, 0.3) is 0 Å². The van der Waals surface area contributed by atoms with Crippen LogP contribution in [0.4, 0.5) is 5.82 Å². The van der Waals surface area contributed by atoms with Crippen molar-refractivity contribution in [3.8, 4) is 0 Å². The monoisotopic (exact) mass is 262 g/mol. The number of nitrogens with zero attached hydrogens (tertiary/aromatic N) is 3. The highest BCUT2D eigenvalue weighted by atomic mass is 15.2. The van der Waals surface area contributed by atoms with Gasteiger partial charge in [-0.1, -0.05) is 6.07 Å². The van der Waals surface area contributed by atoms with E-state index < -0.39 is 0 Å². The molecular formula is C15H26N4. The maximum Gasteiger partial charge on any atom is 0.133 e. The molecule has 2 rings (SSSR count). The molecule has 1 aromatic rings. The standard InChI is InChI=1S/C15H26N4/c1-12(16)13-7-5-10-17-14(13)19(4)11-15(18(2)3)8-6-9-15/h5,7,10,12H,6,8-9,11,16H2,1-4H3/t12-/m1/s1. The lowest BCUT2D eigenvalue weighted by molar-refractivity contribution is 0.0681. The molecule has 0 saturated heterocycles. The maximum atomic E-state index is 6.05. The number of pyridine rings is 1. The van der Waals surface area contributed by atoms with E-state index in [0.717, 1.165) is 17.9 Å². The molecule has 0 aliphatic heterocycles. The highest BCUT2D eigenvalue weighted by Crippen LogP contribution is 2.37. The number of nitrogens with two attached hydrogens (primary N) is 1. The van der Waals surface area contributed by atoms with Crippen molar-refractivity contribution in [2.45, 2.75) is 37.8 Å². The van der Waals surface area contributed by atoms with Gasteiger partial charge in [-0.15, -0.1) is 0 Å². The van der Waals surface area contributed by atoms with Gasteiger partial charge in [0.15, 0.2) is 0 Å². The van der Waals surface area contributed by atoms with Gasteiger partial charge in [-0.05, 0) is 46.3 Å². The molecule has 0 spiro atoms. The first-order chi connectivity index (χ1) is 8.96. The molecule has 1 fully saturated rings. The third kappa shape index (κ3) is 2.74. The summed E-state index contributed by atoms with van der Waals surface area (Å²) in [6.45, 7) is 3.02. The van der Waals surface area contributed by atoms with E-state index in [1.54, 1.807) is 0 Å². The number of hydrogen-bond donors (Lipinski definition) is 1. The van der Waals surface area contributed by atoms with E-state index in [9.17, 15) is 0 Å². The summed E-state index contributed by atoms with van der Waals surface area (Å²) in [5.74, 6) is 1.02. The van der Waals surface area contributed by atoms with Gasteiger partial charge < -0.3 is 15.5 Å². The molecule has 4 heteroatoms. The van der Waals surface area contributed by atoms with Gasteiger partial charge in [-0.2, -0.15) is 0 Å². The third-order valence-corrected chi connectivity index (χ3v) is 4.43. The Hall–Kier alpha value is -1.13. The van der Waals surface area contributed by atoms with Crippen LogP contribution in [-0.4, -0.2) is 43.1 Å². The average molecular weight is 262 g/mol. The second-order valence-electron chi connectivity index (χ2n) is 6.03. The normalized spacial score (nSPS) is 19.1. The summed E-state index contributed by atoms with van der Waals surface area (Å²) in [5, 5.41) is 0. The fourth-order valence-electron chi connectivity index (χ4n) is 2.93. The van der Waals surface area contributed by atoms with Crippen molar-refractivity contribution in [3.05, 3.63) is 23.9 Å². The Kier molecular flexibility index (Phi) is 4.11. The third-order valence-electron chi connectivity index (χ3n) is 4.43. The lowest BCUT2D eigenvalue weighted by Crippen LogP contribution is -2.57. The maximum absolute atomic E-state index is 6.05. The summed E-state index contributed by atoms with van der Waals surface area (Å²) in [7, 11) is 6.48. The van der Waals surface area contributed by atoms with Gasteiger partial charge in [0.05, 0.1) is 0 Å². The van der Waals surface area contributed by atoms with Gasteiger partial charge >= 0.3 is 0 Å². The van der Waals surface area contributed by atoms with E-state index in [-0.39, 0.29) is 6.04 Å². The molecule has 1 aliphatic carbocycles. The molecular weight excluding hydrogens is 236 g/mol. The van der Waals surface area contributed by atoms with Crippen LogP contribution in [0.2, 0.25) is 0 Å². The van der Waals surface area contributed by atoms with Crippen molar-refractivity contribution in [1.29, 1.82) is 0 Å². The SMILES string of the molecule is C[C@@H](N)c1cccnc1N(C)CC1(N(C)C)CCC1. The van der Waals surface area contributed by atoms with Crippen molar-refractivity contribution in [2.24, 2.45) is 5.73 Å². The van der Waals surface area contributed by atoms with E-state index >= 15 is 0 Å². The van der Waals surface area contributed by atoms with Crippen LogP contribution in [0.3, 0.4) is 0 Å². The second kappa shape index (κ2) is 5.47. The molecule has 2 N–H and O–H groups in total. The number of aromatic nitrogens is 1. The van der Waals surface area contributed by atoms with Crippen LogP contribution in [-0.2, 0) is 0 Å². The van der Waals surface area contributed by atoms with Crippen molar-refractivity contribution >= 4 is 5.82 Å². The molecule has 0 bridgehead atoms. The van der Waals surface area contributed by atoms with E-state index in [0.29, 0.717) is 5.54 Å². The molecule has 106 valence electrons. The zero-order valence-corrected chi connectivity index (χ0v) is 12.6. The highest BCUT2D eigenvalue weighted by molar-refractivity contribution is 5.48. The topological polar surface area (TPSA) is 45.4 Å². The molecule has 1 aromatic heterocycles. The lowest BCUT2D eigenvalue weighted by Gasteiger charge is -2.49. The first-order valence-electron chi connectivity index (χ1n) is 7.05. The van der Waals surface area contributed by atoms with Crippen LogP contribution in [0.5, 0.6) is 0 Å². The minimum Gasteiger partial charge on any atom is -0.358 e. The molecule has 1 aliphatic rings. The van der Waals surface area contributed by atoms with E-state index in [4.69, 9.17) is 5.73 Å². The van der Waals surface area contributed by atoms with Gasteiger partial charge in [0.2, 0.25) is 0 Å². The summed E-state index contributed by atoms with van der Waals surface area (Å²) >= 11 is 0. The zero-order valence-electron chi connectivity index (χ0n) is 12.6. The second-order valence-corrected chi connectivity index (χ2v) is 6.03. The minimum absolute atomic E-state index is 0.0165. The summed E-state index contributed by atoms with van der Waals surface area (Å²) in [5.41, 5.74) is 7.48. The summed E-state index contributed by atoms with van der Waals surface area (Å²) in [6.07, 6.45) is 5.71. The van der Waals surface area contributed by atoms with Crippen molar-refractivity contribution in [3.63, 3.8) is 0 Å². The van der Waals surface area contributed by atoms with Crippen LogP contribution in [0.25, 0.3) is 0 Å². The average Bonchev–Trinajstić information content (AvgIpc) is 2.33. The minimum atomic E-state index is 0.0165. The fourth-order valence-corrected chi connectivity index (χ4v) is 2.93. The van der Waals surface area contributed by atoms with Crippen LogP contribution < -0.4 is 10.6 Å². The Morgan fingerprint density at radius 1 is 1.37 bits per heavy atom. The molecule has 0 amide bonds. The zero-order chi connectivity index (χ0) is 14.0. The van der Waals surface area contributed by atoms with Crippen LogP contribution >= 0.6 is 0 Å². The Bertz CT molecular complexity index is 424. The van der Waals surface area contributed by atoms with Crippen LogP contribution in [0, 0.1) is 0 Å². The van der Waals surface area contributed by atoms with Gasteiger partial charge in [-0.25, -0.2) is 4.98 Å². The fraction of sp³-hybridized carbons (Fsp3) is 0.667. The Labute approximate surface area is 116 Å². The van der Waals surface area contributed by atoms with Crippen molar-refractivity contribution in [1.82, 2.24) is 9.88 Å². The van der Waals surface area contributed by atoms with Crippen molar-refractivity contribution < 1.29 is 0 Å². The molecule has 0 unspecified atom stereocenters. The molecule has 1 saturated carbocycles. The molecule has 0 radical (unpaired) electrons. The Balaban J connectivity index is 2.18. The molecule has 1 heterocycles. The number of likely N-dealkylation sites (N-methyl/N-ethyl adjacent to an activating group) is 2. The summed E-state index contributed by atoms with van der Waals surface area (Å²) < 4.78 is 0. The molecule has 1 atom stereocenters. The van der Waals surface area contributed by atoms with E-state index in [2.05, 4.69) is 42.0 Å². The first-order valence-corrected chi connectivity index (χ1v) is 7.05. The van der Waals surface area contributed by atoms with Crippen LogP contribution in [0.15, 0.2) is 18.3 Å². The van der Waals surface area contributed by atoms with E-state index in [1.165, 1.54) is 19.3 Å². The predicted octanol–water partition coefficient (Wildman–Crippen LogP) is 2.02. The quantitative estimate of drug-likeness (QED) is 0.882. The summed E-state index contributed by atoms with van der Waals surface area (Å²) in [6, 6.07) is 4.05. The van der Waals surface area contributed by atoms with Gasteiger partial charge in [-0.3, -0.25) is 0 Å². The first kappa shape index (κ1) is 14.3. The highest BCUT2D eigenvalue weighted by Gasteiger charge is 2.40. The van der Waals surface area contributed by atoms with E-state index in [1.807, 2.05) is 19.2 Å². The Morgan fingerprint density at radius 2 is 2.05 bits per heavy atom. The molecule has 0 aromatic carbocycles. The smallest absolute Gasteiger partial charge is 0.133 e.